The molecule has 1 aliphatic rings. The van der Waals surface area contributed by atoms with Gasteiger partial charge in [0.25, 0.3) is 0 Å². The van der Waals surface area contributed by atoms with Crippen molar-refractivity contribution in [3.05, 3.63) is 47.7 Å². The van der Waals surface area contributed by atoms with Crippen molar-refractivity contribution in [3.63, 3.8) is 0 Å². The number of hydrogen-bond donors (Lipinski definition) is 1. The molecule has 104 valence electrons. The van der Waals surface area contributed by atoms with Crippen molar-refractivity contribution < 1.29 is 0 Å². The van der Waals surface area contributed by atoms with Crippen molar-refractivity contribution in [2.24, 2.45) is 0 Å². The molecule has 0 atom stereocenters. The molecule has 0 spiro atoms. The molecule has 0 saturated heterocycles. The number of benzene rings is 1. The Morgan fingerprint density at radius 3 is 3.00 bits per heavy atom. The SMILES string of the molecule is CCNc1cc(N2CCCc3cc(C)ccc32)ccn1. The number of aryl methyl sites for hydroxylation is 2. The van der Waals surface area contributed by atoms with Gasteiger partial charge in [0.1, 0.15) is 5.82 Å². The Labute approximate surface area is 120 Å². The molecule has 0 aliphatic carbocycles. The molecule has 0 radical (unpaired) electrons. The topological polar surface area (TPSA) is 28.2 Å². The summed E-state index contributed by atoms with van der Waals surface area (Å²) in [6, 6.07) is 11.0. The van der Waals surface area contributed by atoms with Gasteiger partial charge in [0.2, 0.25) is 0 Å². The molecule has 3 nitrogen and oxygen atoms in total. The van der Waals surface area contributed by atoms with Crippen LogP contribution in [-0.4, -0.2) is 18.1 Å². The Bertz CT molecular complexity index is 607. The van der Waals surface area contributed by atoms with E-state index in [0.717, 1.165) is 18.9 Å². The Morgan fingerprint density at radius 2 is 2.15 bits per heavy atom. The lowest BCUT2D eigenvalue weighted by atomic mass is 9.99. The Hall–Kier alpha value is -2.03. The average molecular weight is 267 g/mol. The Balaban J connectivity index is 1.98. The first-order valence-electron chi connectivity index (χ1n) is 7.35. The van der Waals surface area contributed by atoms with Crippen LogP contribution in [0.1, 0.15) is 24.5 Å². The van der Waals surface area contributed by atoms with E-state index in [1.165, 1.54) is 35.3 Å². The van der Waals surface area contributed by atoms with E-state index >= 15 is 0 Å². The summed E-state index contributed by atoms with van der Waals surface area (Å²) in [5.74, 6) is 0.948. The van der Waals surface area contributed by atoms with Crippen LogP contribution < -0.4 is 10.2 Å². The van der Waals surface area contributed by atoms with Crippen molar-refractivity contribution in [2.45, 2.75) is 26.7 Å². The van der Waals surface area contributed by atoms with Crippen molar-refractivity contribution in [1.82, 2.24) is 4.98 Å². The number of rotatable bonds is 3. The summed E-state index contributed by atoms with van der Waals surface area (Å²) in [6.07, 6.45) is 4.27. The molecule has 3 rings (SSSR count). The van der Waals surface area contributed by atoms with E-state index < -0.39 is 0 Å². The zero-order valence-corrected chi connectivity index (χ0v) is 12.2. The quantitative estimate of drug-likeness (QED) is 0.914. The molecule has 2 heterocycles. The maximum absolute atomic E-state index is 4.36. The van der Waals surface area contributed by atoms with E-state index in [9.17, 15) is 0 Å². The first kappa shape index (κ1) is 13.0. The third-order valence-corrected chi connectivity index (χ3v) is 3.77. The van der Waals surface area contributed by atoms with Gasteiger partial charge in [0, 0.05) is 36.7 Å². The van der Waals surface area contributed by atoms with Crippen molar-refractivity contribution >= 4 is 17.2 Å². The molecule has 0 saturated carbocycles. The zero-order chi connectivity index (χ0) is 13.9. The number of fused-ring (bicyclic) bond motifs is 1. The van der Waals surface area contributed by atoms with Crippen molar-refractivity contribution in [2.75, 3.05) is 23.3 Å². The number of aromatic nitrogens is 1. The van der Waals surface area contributed by atoms with E-state index in [0.29, 0.717) is 0 Å². The Morgan fingerprint density at radius 1 is 1.25 bits per heavy atom. The minimum absolute atomic E-state index is 0.895. The molecule has 0 amide bonds. The van der Waals surface area contributed by atoms with Crippen LogP contribution in [0.15, 0.2) is 36.5 Å². The predicted molar refractivity (Wildman–Crippen MR) is 84.9 cm³/mol. The summed E-state index contributed by atoms with van der Waals surface area (Å²) < 4.78 is 0. The second kappa shape index (κ2) is 5.53. The summed E-state index contributed by atoms with van der Waals surface area (Å²) >= 11 is 0. The van der Waals surface area contributed by atoms with Gasteiger partial charge in [-0.1, -0.05) is 17.7 Å². The number of nitrogens with one attached hydrogen (secondary N) is 1. The number of anilines is 3. The van der Waals surface area contributed by atoms with Crippen LogP contribution in [0.3, 0.4) is 0 Å². The zero-order valence-electron chi connectivity index (χ0n) is 12.2. The lowest BCUT2D eigenvalue weighted by Crippen LogP contribution is -2.24. The molecule has 1 aromatic heterocycles. The first-order chi connectivity index (χ1) is 9.78. The molecule has 0 unspecified atom stereocenters. The molecular formula is C17H21N3. The van der Waals surface area contributed by atoms with Gasteiger partial charge in [0.15, 0.2) is 0 Å². The van der Waals surface area contributed by atoms with Gasteiger partial charge < -0.3 is 10.2 Å². The van der Waals surface area contributed by atoms with Gasteiger partial charge in [-0.15, -0.1) is 0 Å². The molecule has 1 aromatic carbocycles. The highest BCUT2D eigenvalue weighted by molar-refractivity contribution is 5.69. The van der Waals surface area contributed by atoms with Crippen LogP contribution in [0.2, 0.25) is 0 Å². The maximum Gasteiger partial charge on any atom is 0.127 e. The number of nitrogens with zero attached hydrogens (tertiary/aromatic N) is 2. The first-order valence-corrected chi connectivity index (χ1v) is 7.35. The van der Waals surface area contributed by atoms with Crippen LogP contribution in [0, 0.1) is 6.92 Å². The van der Waals surface area contributed by atoms with Gasteiger partial charge in [-0.25, -0.2) is 4.98 Å². The average Bonchev–Trinajstić information content (AvgIpc) is 2.47. The molecule has 2 aromatic rings. The Kier molecular flexibility index (Phi) is 3.59. The van der Waals surface area contributed by atoms with E-state index in [1.54, 1.807) is 0 Å². The fourth-order valence-electron chi connectivity index (χ4n) is 2.86. The van der Waals surface area contributed by atoms with Gasteiger partial charge in [-0.3, -0.25) is 0 Å². The largest absolute Gasteiger partial charge is 0.370 e. The normalized spacial score (nSPS) is 14.0. The lowest BCUT2D eigenvalue weighted by Gasteiger charge is -2.31. The highest BCUT2D eigenvalue weighted by Crippen LogP contribution is 2.34. The third kappa shape index (κ3) is 2.48. The van der Waals surface area contributed by atoms with Crippen molar-refractivity contribution in [3.8, 4) is 0 Å². The van der Waals surface area contributed by atoms with Gasteiger partial charge >= 0.3 is 0 Å². The van der Waals surface area contributed by atoms with E-state index in [4.69, 9.17) is 0 Å². The predicted octanol–water partition coefficient (Wildman–Crippen LogP) is 3.91. The summed E-state index contributed by atoms with van der Waals surface area (Å²) in [6.45, 7) is 6.22. The molecule has 20 heavy (non-hydrogen) atoms. The fraction of sp³-hybridized carbons (Fsp3) is 0.353. The minimum Gasteiger partial charge on any atom is -0.370 e. The van der Waals surface area contributed by atoms with Crippen LogP contribution in [-0.2, 0) is 6.42 Å². The van der Waals surface area contributed by atoms with E-state index in [-0.39, 0.29) is 0 Å². The van der Waals surface area contributed by atoms with Gasteiger partial charge in [-0.2, -0.15) is 0 Å². The molecular weight excluding hydrogens is 246 g/mol. The summed E-state index contributed by atoms with van der Waals surface area (Å²) in [7, 11) is 0. The molecule has 0 fully saturated rings. The standard InChI is InChI=1S/C17H21N3/c1-3-18-17-12-15(8-9-19-17)20-10-4-5-14-11-13(2)6-7-16(14)20/h6-9,11-12H,3-5,10H2,1-2H3,(H,18,19). The summed E-state index contributed by atoms with van der Waals surface area (Å²) in [5, 5.41) is 3.28. The van der Waals surface area contributed by atoms with Crippen molar-refractivity contribution in [1.29, 1.82) is 0 Å². The molecule has 1 N–H and O–H groups in total. The van der Waals surface area contributed by atoms with Gasteiger partial charge in [0.05, 0.1) is 0 Å². The third-order valence-electron chi connectivity index (χ3n) is 3.77. The smallest absolute Gasteiger partial charge is 0.127 e. The molecule has 1 aliphatic heterocycles. The fourth-order valence-corrected chi connectivity index (χ4v) is 2.86. The van der Waals surface area contributed by atoms with Crippen LogP contribution in [0.4, 0.5) is 17.2 Å². The van der Waals surface area contributed by atoms with E-state index in [1.807, 2.05) is 6.20 Å². The monoisotopic (exact) mass is 267 g/mol. The number of hydrogen-bond acceptors (Lipinski definition) is 3. The summed E-state index contributed by atoms with van der Waals surface area (Å²) in [5.41, 5.74) is 5.36. The molecule has 3 heteroatoms. The van der Waals surface area contributed by atoms with E-state index in [2.05, 4.69) is 59.4 Å². The van der Waals surface area contributed by atoms with Gasteiger partial charge in [-0.05, 0) is 44.4 Å². The second-order valence-corrected chi connectivity index (χ2v) is 5.32. The second-order valence-electron chi connectivity index (χ2n) is 5.32. The molecule has 0 bridgehead atoms. The van der Waals surface area contributed by atoms with Crippen LogP contribution in [0.5, 0.6) is 0 Å². The van der Waals surface area contributed by atoms with Crippen LogP contribution >= 0.6 is 0 Å². The summed E-state index contributed by atoms with van der Waals surface area (Å²) in [4.78, 5) is 6.76. The number of pyridine rings is 1. The highest BCUT2D eigenvalue weighted by Gasteiger charge is 2.18. The van der Waals surface area contributed by atoms with Crippen LogP contribution in [0.25, 0.3) is 0 Å². The highest BCUT2D eigenvalue weighted by atomic mass is 15.1. The maximum atomic E-state index is 4.36. The minimum atomic E-state index is 0.895. The lowest BCUT2D eigenvalue weighted by molar-refractivity contribution is 0.765.